The molecule has 0 bridgehead atoms. The average Bonchev–Trinajstić information content (AvgIpc) is 2.34. The molecule has 0 amide bonds. The Balaban J connectivity index is 2.85. The van der Waals surface area contributed by atoms with Gasteiger partial charge in [0.25, 0.3) is 0 Å². The van der Waals surface area contributed by atoms with E-state index in [-0.39, 0.29) is 0 Å². The topological polar surface area (TPSA) is 0 Å². The summed E-state index contributed by atoms with van der Waals surface area (Å²) < 4.78 is 0. The Kier molecular flexibility index (Phi) is 2.69. The van der Waals surface area contributed by atoms with Crippen LogP contribution in [0.15, 0.2) is 18.0 Å². The van der Waals surface area contributed by atoms with Gasteiger partial charge in [-0.15, -0.1) is 11.3 Å². The second-order valence-electron chi connectivity index (χ2n) is 2.23. The molecule has 0 nitrogen and oxygen atoms in total. The number of aryl methyl sites for hydroxylation is 1. The molecule has 0 unspecified atom stereocenters. The predicted molar refractivity (Wildman–Crippen MR) is 51.9 cm³/mol. The maximum absolute atomic E-state index is 3.92. The van der Waals surface area contributed by atoms with Crippen LogP contribution in [0.5, 0.6) is 0 Å². The van der Waals surface area contributed by atoms with Gasteiger partial charge in [0.1, 0.15) is 0 Å². The lowest BCUT2D eigenvalue weighted by Gasteiger charge is -1.92. The summed E-state index contributed by atoms with van der Waals surface area (Å²) in [5.41, 5.74) is 2.49. The third kappa shape index (κ3) is 1.70. The molecule has 0 fully saturated rings. The summed E-state index contributed by atoms with van der Waals surface area (Å²) in [6, 6.07) is 2.16. The van der Waals surface area contributed by atoms with E-state index < -0.39 is 0 Å². The Morgan fingerprint density at radius 2 is 2.50 bits per heavy atom. The molecule has 1 aromatic rings. The maximum Gasteiger partial charge on any atom is 0.0307 e. The van der Waals surface area contributed by atoms with Crippen molar-refractivity contribution in [2.24, 2.45) is 0 Å². The molecule has 0 aromatic carbocycles. The third-order valence-electron chi connectivity index (χ3n) is 1.24. The van der Waals surface area contributed by atoms with Crippen LogP contribution in [-0.4, -0.2) is 5.33 Å². The van der Waals surface area contributed by atoms with Gasteiger partial charge in [0.05, 0.1) is 0 Å². The average molecular weight is 217 g/mol. The van der Waals surface area contributed by atoms with Gasteiger partial charge in [0.2, 0.25) is 0 Å². The van der Waals surface area contributed by atoms with E-state index >= 15 is 0 Å². The fourth-order valence-corrected chi connectivity index (χ4v) is 2.04. The molecular weight excluding hydrogens is 208 g/mol. The number of rotatable bonds is 2. The van der Waals surface area contributed by atoms with Crippen molar-refractivity contribution in [2.75, 3.05) is 5.33 Å². The van der Waals surface area contributed by atoms with Crippen LogP contribution in [0.3, 0.4) is 0 Å². The van der Waals surface area contributed by atoms with Crippen LogP contribution < -0.4 is 0 Å². The largest absolute Gasteiger partial charge is 0.144 e. The monoisotopic (exact) mass is 216 g/mol. The standard InChI is InChI=1S/C8H9BrS/c1-6-3-8(10-5-6)7(2)4-9/h3,5H,2,4H2,1H3. The van der Waals surface area contributed by atoms with Gasteiger partial charge in [-0.25, -0.2) is 0 Å². The first-order valence-corrected chi connectivity index (χ1v) is 5.03. The lowest BCUT2D eigenvalue weighted by atomic mass is 10.2. The molecule has 0 saturated heterocycles. The Labute approximate surface area is 73.7 Å². The molecule has 0 aliphatic rings. The first-order chi connectivity index (χ1) is 4.74. The van der Waals surface area contributed by atoms with E-state index in [0.717, 1.165) is 10.9 Å². The Bertz CT molecular complexity index is 237. The van der Waals surface area contributed by atoms with Gasteiger partial charge < -0.3 is 0 Å². The normalized spacial score (nSPS) is 9.80. The van der Waals surface area contributed by atoms with Crippen molar-refractivity contribution >= 4 is 32.8 Å². The van der Waals surface area contributed by atoms with E-state index in [1.807, 2.05) is 0 Å². The van der Waals surface area contributed by atoms with E-state index in [1.165, 1.54) is 10.4 Å². The maximum atomic E-state index is 3.92. The number of hydrogen-bond acceptors (Lipinski definition) is 1. The van der Waals surface area contributed by atoms with Crippen molar-refractivity contribution in [2.45, 2.75) is 6.92 Å². The molecule has 0 aliphatic carbocycles. The summed E-state index contributed by atoms with van der Waals surface area (Å²) in [5, 5.41) is 3.01. The van der Waals surface area contributed by atoms with E-state index in [1.54, 1.807) is 11.3 Å². The molecule has 54 valence electrons. The SMILES string of the molecule is C=C(CBr)c1cc(C)cs1. The van der Waals surface area contributed by atoms with Crippen molar-refractivity contribution in [3.63, 3.8) is 0 Å². The lowest BCUT2D eigenvalue weighted by Crippen LogP contribution is -1.75. The smallest absolute Gasteiger partial charge is 0.0307 e. The van der Waals surface area contributed by atoms with Crippen LogP contribution in [-0.2, 0) is 0 Å². The van der Waals surface area contributed by atoms with Crippen LogP contribution >= 0.6 is 27.3 Å². The zero-order valence-electron chi connectivity index (χ0n) is 5.86. The van der Waals surface area contributed by atoms with E-state index in [0.29, 0.717) is 0 Å². The molecule has 1 heterocycles. The first kappa shape index (κ1) is 8.02. The minimum Gasteiger partial charge on any atom is -0.144 e. The molecule has 0 saturated carbocycles. The second kappa shape index (κ2) is 3.35. The summed E-state index contributed by atoms with van der Waals surface area (Å²) in [7, 11) is 0. The minimum atomic E-state index is 0.868. The van der Waals surface area contributed by atoms with Crippen molar-refractivity contribution in [1.82, 2.24) is 0 Å². The fourth-order valence-electron chi connectivity index (χ4n) is 0.683. The molecule has 1 rings (SSSR count). The lowest BCUT2D eigenvalue weighted by molar-refractivity contribution is 1.54. The van der Waals surface area contributed by atoms with Crippen LogP contribution in [0.2, 0.25) is 0 Å². The fraction of sp³-hybridized carbons (Fsp3) is 0.250. The molecular formula is C8H9BrS. The third-order valence-corrected chi connectivity index (χ3v) is 3.07. The van der Waals surface area contributed by atoms with Crippen LogP contribution in [0.1, 0.15) is 10.4 Å². The minimum absolute atomic E-state index is 0.868. The zero-order chi connectivity index (χ0) is 7.56. The van der Waals surface area contributed by atoms with Gasteiger partial charge in [-0.05, 0) is 29.5 Å². The van der Waals surface area contributed by atoms with Crippen molar-refractivity contribution in [1.29, 1.82) is 0 Å². The second-order valence-corrected chi connectivity index (χ2v) is 3.70. The molecule has 0 radical (unpaired) electrons. The Morgan fingerprint density at radius 1 is 1.80 bits per heavy atom. The van der Waals surface area contributed by atoms with E-state index in [4.69, 9.17) is 0 Å². The summed E-state index contributed by atoms with van der Waals surface area (Å²) in [5.74, 6) is 0. The van der Waals surface area contributed by atoms with E-state index in [9.17, 15) is 0 Å². The number of alkyl halides is 1. The molecule has 0 spiro atoms. The quantitative estimate of drug-likeness (QED) is 0.665. The molecule has 2 heteroatoms. The summed E-state index contributed by atoms with van der Waals surface area (Å²) in [6.45, 7) is 6.02. The van der Waals surface area contributed by atoms with Gasteiger partial charge in [0.15, 0.2) is 0 Å². The number of thiophene rings is 1. The van der Waals surface area contributed by atoms with E-state index in [2.05, 4.69) is 40.9 Å². The van der Waals surface area contributed by atoms with Crippen LogP contribution in [0.4, 0.5) is 0 Å². The predicted octanol–water partition coefficient (Wildman–Crippen LogP) is 3.46. The summed E-state index contributed by atoms with van der Waals surface area (Å²) in [4.78, 5) is 1.29. The number of allylic oxidation sites excluding steroid dienone is 1. The van der Waals surface area contributed by atoms with Crippen LogP contribution in [0, 0.1) is 6.92 Å². The van der Waals surface area contributed by atoms with Crippen molar-refractivity contribution in [3.05, 3.63) is 28.5 Å². The van der Waals surface area contributed by atoms with Crippen molar-refractivity contribution < 1.29 is 0 Å². The van der Waals surface area contributed by atoms with Crippen LogP contribution in [0.25, 0.3) is 5.57 Å². The molecule has 0 atom stereocenters. The zero-order valence-corrected chi connectivity index (χ0v) is 8.26. The highest BCUT2D eigenvalue weighted by molar-refractivity contribution is 9.09. The Morgan fingerprint density at radius 3 is 2.90 bits per heavy atom. The van der Waals surface area contributed by atoms with Gasteiger partial charge >= 0.3 is 0 Å². The highest BCUT2D eigenvalue weighted by Crippen LogP contribution is 2.22. The number of hydrogen-bond donors (Lipinski definition) is 0. The van der Waals surface area contributed by atoms with Gasteiger partial charge in [-0.3, -0.25) is 0 Å². The van der Waals surface area contributed by atoms with Gasteiger partial charge in [0, 0.05) is 10.2 Å². The highest BCUT2D eigenvalue weighted by atomic mass is 79.9. The molecule has 0 aliphatic heterocycles. The highest BCUT2D eigenvalue weighted by Gasteiger charge is 1.98. The Hall–Kier alpha value is -0.0800. The molecule has 10 heavy (non-hydrogen) atoms. The van der Waals surface area contributed by atoms with Gasteiger partial charge in [-0.2, -0.15) is 0 Å². The molecule has 1 aromatic heterocycles. The number of halogens is 1. The summed E-state index contributed by atoms with van der Waals surface area (Å²) >= 11 is 5.12. The first-order valence-electron chi connectivity index (χ1n) is 3.03. The summed E-state index contributed by atoms with van der Waals surface area (Å²) in [6.07, 6.45) is 0. The van der Waals surface area contributed by atoms with Crippen molar-refractivity contribution in [3.8, 4) is 0 Å². The molecule has 0 N–H and O–H groups in total. The van der Waals surface area contributed by atoms with Gasteiger partial charge in [-0.1, -0.05) is 22.5 Å².